The molecule has 0 N–H and O–H groups in total. The average Bonchev–Trinajstić information content (AvgIpc) is 2.37. The Hall–Kier alpha value is -1.97. The molecule has 94 valence electrons. The number of hydrogen-bond acceptors (Lipinski definition) is 1. The molecule has 0 atom stereocenters. The fraction of sp³-hybridized carbons (Fsp3) is 0.214. The molecular weight excluding hydrogens is 236 g/mol. The van der Waals surface area contributed by atoms with Crippen LogP contribution in [-0.4, -0.2) is 24.3 Å². The fourth-order valence-corrected chi connectivity index (χ4v) is 1.86. The Morgan fingerprint density at radius 1 is 1.17 bits per heavy atom. The Kier molecular flexibility index (Phi) is 3.55. The monoisotopic (exact) mass is 249 g/mol. The quantitative estimate of drug-likeness (QED) is 0.818. The van der Waals surface area contributed by atoms with E-state index in [1.54, 1.807) is 0 Å². The number of amides is 1. The van der Waals surface area contributed by atoms with Gasteiger partial charge in [0, 0.05) is 13.6 Å². The van der Waals surface area contributed by atoms with Gasteiger partial charge in [0.2, 0.25) is 0 Å². The Bertz CT molecular complexity index is 568. The zero-order chi connectivity index (χ0) is 13.1. The SMILES string of the molecule is CN(Cc1ccc2ccccc2c1)C(=O)C(F)F. The van der Waals surface area contributed by atoms with Crippen molar-refractivity contribution in [2.75, 3.05) is 7.05 Å². The van der Waals surface area contributed by atoms with Gasteiger partial charge in [-0.1, -0.05) is 36.4 Å². The third-order valence-electron chi connectivity index (χ3n) is 2.80. The molecule has 0 saturated heterocycles. The lowest BCUT2D eigenvalue weighted by Gasteiger charge is -2.16. The summed E-state index contributed by atoms with van der Waals surface area (Å²) in [5, 5.41) is 2.12. The summed E-state index contributed by atoms with van der Waals surface area (Å²) in [6.45, 7) is 0.188. The first kappa shape index (κ1) is 12.5. The van der Waals surface area contributed by atoms with Crippen molar-refractivity contribution in [2.24, 2.45) is 0 Å². The fourth-order valence-electron chi connectivity index (χ4n) is 1.86. The van der Waals surface area contributed by atoms with Crippen LogP contribution in [0.3, 0.4) is 0 Å². The van der Waals surface area contributed by atoms with Crippen molar-refractivity contribution >= 4 is 16.7 Å². The molecule has 1 amide bonds. The molecule has 18 heavy (non-hydrogen) atoms. The number of carbonyl (C=O) groups is 1. The first-order valence-corrected chi connectivity index (χ1v) is 5.59. The smallest absolute Gasteiger partial charge is 0.315 e. The van der Waals surface area contributed by atoms with Crippen LogP contribution in [0, 0.1) is 0 Å². The number of alkyl halides is 2. The van der Waals surface area contributed by atoms with Crippen LogP contribution in [0.4, 0.5) is 8.78 Å². The zero-order valence-corrected chi connectivity index (χ0v) is 9.94. The predicted octanol–water partition coefficient (Wildman–Crippen LogP) is 3.06. The van der Waals surface area contributed by atoms with Crippen LogP contribution >= 0.6 is 0 Å². The zero-order valence-electron chi connectivity index (χ0n) is 9.94. The summed E-state index contributed by atoms with van der Waals surface area (Å²) in [6.07, 6.45) is -2.95. The van der Waals surface area contributed by atoms with Crippen LogP contribution in [0.5, 0.6) is 0 Å². The molecule has 0 radical (unpaired) electrons. The maximum Gasteiger partial charge on any atom is 0.315 e. The van der Waals surface area contributed by atoms with Crippen molar-refractivity contribution in [2.45, 2.75) is 13.0 Å². The molecule has 0 aliphatic rings. The number of carbonyl (C=O) groups excluding carboxylic acids is 1. The van der Waals surface area contributed by atoms with Crippen molar-refractivity contribution in [3.05, 3.63) is 48.0 Å². The van der Waals surface area contributed by atoms with E-state index in [0.717, 1.165) is 21.2 Å². The number of halogens is 2. The van der Waals surface area contributed by atoms with Gasteiger partial charge in [0.15, 0.2) is 0 Å². The van der Waals surface area contributed by atoms with E-state index in [9.17, 15) is 13.6 Å². The van der Waals surface area contributed by atoms with Gasteiger partial charge in [0.25, 0.3) is 5.91 Å². The summed E-state index contributed by atoms with van der Waals surface area (Å²) >= 11 is 0. The largest absolute Gasteiger partial charge is 0.336 e. The number of rotatable bonds is 3. The maximum absolute atomic E-state index is 12.2. The number of nitrogens with zero attached hydrogens (tertiary/aromatic N) is 1. The molecule has 0 unspecified atom stereocenters. The second kappa shape index (κ2) is 5.12. The van der Waals surface area contributed by atoms with Crippen molar-refractivity contribution in [1.29, 1.82) is 0 Å². The van der Waals surface area contributed by atoms with Crippen molar-refractivity contribution in [1.82, 2.24) is 4.90 Å². The van der Waals surface area contributed by atoms with Crippen LogP contribution in [0.2, 0.25) is 0 Å². The minimum atomic E-state index is -2.95. The van der Waals surface area contributed by atoms with Gasteiger partial charge in [-0.15, -0.1) is 0 Å². The predicted molar refractivity (Wildman–Crippen MR) is 66.4 cm³/mol. The Morgan fingerprint density at radius 3 is 2.50 bits per heavy atom. The minimum Gasteiger partial charge on any atom is -0.336 e. The molecule has 2 aromatic carbocycles. The number of fused-ring (bicyclic) bond motifs is 1. The summed E-state index contributed by atoms with van der Waals surface area (Å²) in [7, 11) is 1.38. The van der Waals surface area contributed by atoms with Crippen LogP contribution in [0.1, 0.15) is 5.56 Å². The first-order valence-electron chi connectivity index (χ1n) is 5.59. The van der Waals surface area contributed by atoms with E-state index >= 15 is 0 Å². The normalized spacial score (nSPS) is 10.9. The maximum atomic E-state index is 12.2. The van der Waals surface area contributed by atoms with E-state index in [1.807, 2.05) is 42.5 Å². The third kappa shape index (κ3) is 2.64. The molecule has 0 aliphatic carbocycles. The van der Waals surface area contributed by atoms with Crippen molar-refractivity contribution in [3.8, 4) is 0 Å². The van der Waals surface area contributed by atoms with Crippen molar-refractivity contribution in [3.63, 3.8) is 0 Å². The molecule has 2 rings (SSSR count). The molecule has 0 aliphatic heterocycles. The molecule has 2 nitrogen and oxygen atoms in total. The lowest BCUT2D eigenvalue weighted by atomic mass is 10.1. The van der Waals surface area contributed by atoms with Gasteiger partial charge < -0.3 is 4.90 Å². The Morgan fingerprint density at radius 2 is 1.83 bits per heavy atom. The molecule has 0 fully saturated rings. The van der Waals surface area contributed by atoms with E-state index in [1.165, 1.54) is 7.05 Å². The lowest BCUT2D eigenvalue weighted by molar-refractivity contribution is -0.141. The van der Waals surface area contributed by atoms with E-state index in [0.29, 0.717) is 0 Å². The first-order chi connectivity index (χ1) is 8.58. The molecule has 0 saturated carbocycles. The number of benzene rings is 2. The Balaban J connectivity index is 2.19. The second-order valence-electron chi connectivity index (χ2n) is 4.18. The van der Waals surface area contributed by atoms with E-state index in [4.69, 9.17) is 0 Å². The highest BCUT2D eigenvalue weighted by Gasteiger charge is 2.19. The average molecular weight is 249 g/mol. The summed E-state index contributed by atoms with van der Waals surface area (Å²) in [5.74, 6) is -1.15. The van der Waals surface area contributed by atoms with E-state index in [2.05, 4.69) is 0 Å². The summed E-state index contributed by atoms with van der Waals surface area (Å²) in [4.78, 5) is 12.1. The molecule has 4 heteroatoms. The third-order valence-corrected chi connectivity index (χ3v) is 2.80. The lowest BCUT2D eigenvalue weighted by Crippen LogP contribution is -2.31. The van der Waals surface area contributed by atoms with Gasteiger partial charge in [0.1, 0.15) is 0 Å². The molecule has 0 heterocycles. The highest BCUT2D eigenvalue weighted by Crippen LogP contribution is 2.16. The van der Waals surface area contributed by atoms with Gasteiger partial charge in [-0.3, -0.25) is 4.79 Å². The summed E-state index contributed by atoms with van der Waals surface area (Å²) < 4.78 is 24.5. The van der Waals surface area contributed by atoms with Gasteiger partial charge in [0.05, 0.1) is 0 Å². The Labute approximate surface area is 104 Å². The summed E-state index contributed by atoms with van der Waals surface area (Å²) in [6, 6.07) is 13.5. The molecular formula is C14H13F2NO. The molecule has 0 spiro atoms. The van der Waals surface area contributed by atoms with Gasteiger partial charge in [-0.25, -0.2) is 0 Å². The van der Waals surface area contributed by atoms with Crippen LogP contribution in [-0.2, 0) is 11.3 Å². The highest BCUT2D eigenvalue weighted by atomic mass is 19.3. The van der Waals surface area contributed by atoms with E-state index in [-0.39, 0.29) is 6.54 Å². The van der Waals surface area contributed by atoms with Gasteiger partial charge >= 0.3 is 6.43 Å². The van der Waals surface area contributed by atoms with Gasteiger partial charge in [-0.05, 0) is 22.4 Å². The molecule has 0 bridgehead atoms. The summed E-state index contributed by atoms with van der Waals surface area (Å²) in [5.41, 5.74) is 0.838. The van der Waals surface area contributed by atoms with Gasteiger partial charge in [-0.2, -0.15) is 8.78 Å². The second-order valence-corrected chi connectivity index (χ2v) is 4.18. The minimum absolute atomic E-state index is 0.188. The van der Waals surface area contributed by atoms with Crippen LogP contribution in [0.15, 0.2) is 42.5 Å². The number of hydrogen-bond donors (Lipinski definition) is 0. The van der Waals surface area contributed by atoms with Crippen molar-refractivity contribution < 1.29 is 13.6 Å². The molecule has 2 aromatic rings. The topological polar surface area (TPSA) is 20.3 Å². The van der Waals surface area contributed by atoms with Crippen LogP contribution in [0.25, 0.3) is 10.8 Å². The molecule has 0 aromatic heterocycles. The van der Waals surface area contributed by atoms with E-state index < -0.39 is 12.3 Å². The van der Waals surface area contributed by atoms with Crippen LogP contribution < -0.4 is 0 Å². The highest BCUT2D eigenvalue weighted by molar-refractivity contribution is 5.83. The standard InChI is InChI=1S/C14H13F2NO/c1-17(14(18)13(15)16)9-10-6-7-11-4-2-3-5-12(11)8-10/h2-8,13H,9H2,1H3.